The van der Waals surface area contributed by atoms with E-state index in [1.807, 2.05) is 0 Å². The molecule has 0 N–H and O–H groups in total. The molecule has 238 valence electrons. The zero-order chi connectivity index (χ0) is 33.1. The number of allylic oxidation sites excluding steroid dienone is 2. The van der Waals surface area contributed by atoms with Crippen molar-refractivity contribution < 1.29 is 17.1 Å². The number of hydrogen-bond acceptors (Lipinski definition) is 0. The van der Waals surface area contributed by atoms with Gasteiger partial charge in [0, 0.05) is 0 Å². The van der Waals surface area contributed by atoms with Gasteiger partial charge in [-0.3, -0.25) is 0 Å². The maximum absolute atomic E-state index is 3.80. The van der Waals surface area contributed by atoms with Gasteiger partial charge in [0.05, 0.1) is 0 Å². The van der Waals surface area contributed by atoms with Crippen LogP contribution in [0.4, 0.5) is 0 Å². The van der Waals surface area contributed by atoms with Gasteiger partial charge < -0.3 is 0 Å². The fourth-order valence-corrected chi connectivity index (χ4v) is 55.2. The summed E-state index contributed by atoms with van der Waals surface area (Å²) in [5.41, 5.74) is 11.1. The fraction of sp³-hybridized carbons (Fsp3) is 0.333. The Balaban J connectivity index is 1.47. The predicted octanol–water partition coefficient (Wildman–Crippen LogP) is 11.8. The van der Waals surface area contributed by atoms with Crippen molar-refractivity contribution in [1.29, 1.82) is 0 Å². The summed E-state index contributed by atoms with van der Waals surface area (Å²) >= 11 is -3.80. The third-order valence-electron chi connectivity index (χ3n) is 11.9. The molecule has 0 radical (unpaired) electrons. The number of benzene rings is 4. The Morgan fingerprint density at radius 3 is 1.33 bits per heavy atom. The molecule has 6 rings (SSSR count). The van der Waals surface area contributed by atoms with Crippen molar-refractivity contribution in [1.82, 2.24) is 0 Å². The van der Waals surface area contributed by atoms with E-state index in [2.05, 4.69) is 171 Å². The second-order valence-electron chi connectivity index (χ2n) is 17.1. The van der Waals surface area contributed by atoms with Crippen LogP contribution in [0, 0.1) is 0 Å². The van der Waals surface area contributed by atoms with Crippen LogP contribution in [0.2, 0.25) is 61.2 Å². The minimum absolute atomic E-state index is 0.568. The molecule has 4 heteroatoms. The summed E-state index contributed by atoms with van der Waals surface area (Å²) in [7, 11) is -2.66. The first-order chi connectivity index (χ1) is 21.6. The number of hydrogen-bond donors (Lipinski definition) is 0. The topological polar surface area (TPSA) is 0 Å². The summed E-state index contributed by atoms with van der Waals surface area (Å²) in [4.78, 5) is 0. The normalized spacial score (nSPS) is 17.7. The summed E-state index contributed by atoms with van der Waals surface area (Å²) < 4.78 is 6.89. The van der Waals surface area contributed by atoms with Gasteiger partial charge >= 0.3 is 285 Å². The van der Waals surface area contributed by atoms with Gasteiger partial charge in [-0.25, -0.2) is 0 Å². The molecule has 46 heavy (non-hydrogen) atoms. The van der Waals surface area contributed by atoms with Crippen LogP contribution in [-0.4, -0.2) is 21.6 Å². The predicted molar refractivity (Wildman–Crippen MR) is 212 cm³/mol. The van der Waals surface area contributed by atoms with E-state index >= 15 is 0 Å². The van der Waals surface area contributed by atoms with E-state index in [9.17, 15) is 0 Å². The van der Waals surface area contributed by atoms with E-state index in [0.717, 1.165) is 0 Å². The molecule has 2 unspecified atom stereocenters. The van der Waals surface area contributed by atoms with Crippen molar-refractivity contribution in [3.05, 3.63) is 119 Å². The van der Waals surface area contributed by atoms with Gasteiger partial charge in [0.25, 0.3) is 0 Å². The molecule has 0 amide bonds. The third-order valence-corrected chi connectivity index (χ3v) is 74.1. The van der Waals surface area contributed by atoms with E-state index in [1.165, 1.54) is 56.2 Å². The molecular formula is C42H54HfSi3. The Bertz CT molecular complexity index is 1790. The van der Waals surface area contributed by atoms with E-state index in [0.29, 0.717) is 7.35 Å². The Labute approximate surface area is 282 Å². The standard InChI is InChI=1S/2C18H19Si.C4H10Si.2CH3.Hf/c2*1-19(2,3)16-12-10-15(11-13-16)18-9-5-7-14-6-4-8-17(14)18;1-3-4-5-2;;;/h2*4-13H,1-3H3;3-4H2,1-2H3;2*1H3;. The van der Waals surface area contributed by atoms with E-state index in [-0.39, 0.29) is 0 Å². The van der Waals surface area contributed by atoms with Crippen LogP contribution in [-0.2, 0) is 17.1 Å². The van der Waals surface area contributed by atoms with Crippen molar-refractivity contribution in [3.8, 4) is 22.3 Å². The molecule has 0 fully saturated rings. The Morgan fingerprint density at radius 1 is 0.587 bits per heavy atom. The zero-order valence-corrected chi connectivity index (χ0v) is 36.6. The Hall–Kier alpha value is -2.12. The maximum atomic E-state index is 2.88. The van der Waals surface area contributed by atoms with Crippen LogP contribution in [0.1, 0.15) is 42.9 Å². The van der Waals surface area contributed by atoms with E-state index in [1.54, 1.807) is 11.1 Å². The van der Waals surface area contributed by atoms with Gasteiger partial charge in [0.1, 0.15) is 0 Å². The molecule has 0 bridgehead atoms. The summed E-state index contributed by atoms with van der Waals surface area (Å²) in [6.45, 7) is 19.8. The first-order valence-corrected chi connectivity index (χ1v) is 43.4. The van der Waals surface area contributed by atoms with Crippen molar-refractivity contribution in [2.24, 2.45) is 0 Å². The average Bonchev–Trinajstić information content (AvgIpc) is 3.67. The molecule has 2 atom stereocenters. The van der Waals surface area contributed by atoms with Gasteiger partial charge in [-0.1, -0.05) is 0 Å². The van der Waals surface area contributed by atoms with Crippen LogP contribution < -0.4 is 10.4 Å². The van der Waals surface area contributed by atoms with Crippen molar-refractivity contribution in [2.75, 3.05) is 0 Å². The van der Waals surface area contributed by atoms with Gasteiger partial charge in [0.15, 0.2) is 0 Å². The van der Waals surface area contributed by atoms with Crippen LogP contribution >= 0.6 is 0 Å². The SMILES string of the molecule is CCC[Si](C)=[Hf]([CH3])([CH3])([CH]1C=Cc2c(-c3ccc([Si](C)(C)C)cc3)cccc21)[CH]1C=Cc2c(-c3ccc([Si](C)(C)C)cc3)cccc21. The molecule has 0 heterocycles. The van der Waals surface area contributed by atoms with E-state index in [4.69, 9.17) is 0 Å². The zero-order valence-electron chi connectivity index (χ0n) is 30.0. The van der Waals surface area contributed by atoms with Crippen LogP contribution in [0.15, 0.2) is 97.1 Å². The molecule has 4 aromatic rings. The molecule has 0 saturated carbocycles. The molecule has 0 saturated heterocycles. The molecular weight excluding hydrogens is 767 g/mol. The van der Waals surface area contributed by atoms with Gasteiger partial charge in [0.2, 0.25) is 0 Å². The monoisotopic (exact) mass is 822 g/mol. The first-order valence-electron chi connectivity index (χ1n) is 17.5. The van der Waals surface area contributed by atoms with E-state index < -0.39 is 38.8 Å². The molecule has 0 aromatic heterocycles. The minimum atomic E-state index is -3.80. The Kier molecular flexibility index (Phi) is 8.87. The van der Waals surface area contributed by atoms with Gasteiger partial charge in [-0.15, -0.1) is 0 Å². The second kappa shape index (κ2) is 12.1. The number of rotatable bonds is 8. The fourth-order valence-electron chi connectivity index (χ4n) is 8.52. The van der Waals surface area contributed by atoms with Crippen LogP contribution in [0.25, 0.3) is 34.4 Å². The molecule has 4 aromatic carbocycles. The van der Waals surface area contributed by atoms with Crippen molar-refractivity contribution in [2.45, 2.75) is 81.9 Å². The van der Waals surface area contributed by atoms with Gasteiger partial charge in [-0.2, -0.15) is 0 Å². The second-order valence-corrected chi connectivity index (χ2v) is 74.6. The third kappa shape index (κ3) is 5.69. The average molecular weight is 822 g/mol. The quantitative estimate of drug-likeness (QED) is 0.155. The summed E-state index contributed by atoms with van der Waals surface area (Å²) in [6, 6.07) is 34.9. The Morgan fingerprint density at radius 2 is 0.978 bits per heavy atom. The van der Waals surface area contributed by atoms with Gasteiger partial charge in [-0.05, 0) is 0 Å². The molecule has 0 spiro atoms. The molecule has 2 aliphatic carbocycles. The van der Waals surface area contributed by atoms with Crippen molar-refractivity contribution in [3.63, 3.8) is 0 Å². The van der Waals surface area contributed by atoms with Crippen LogP contribution in [0.3, 0.4) is 0 Å². The number of fused-ring (bicyclic) bond motifs is 2. The molecule has 0 nitrogen and oxygen atoms in total. The molecule has 2 aliphatic rings. The summed E-state index contributed by atoms with van der Waals surface area (Å²) in [6.07, 6.45) is 11.7. The summed E-state index contributed by atoms with van der Waals surface area (Å²) in [5, 5.41) is 3.06. The molecule has 0 aliphatic heterocycles. The van der Waals surface area contributed by atoms with Crippen molar-refractivity contribution >= 4 is 44.2 Å². The van der Waals surface area contributed by atoms with Crippen LogP contribution in [0.5, 0.6) is 0 Å². The first kappa shape index (κ1) is 33.8. The summed E-state index contributed by atoms with van der Waals surface area (Å²) in [5.74, 6) is 0.